The summed E-state index contributed by atoms with van der Waals surface area (Å²) in [5, 5.41) is 3.22. The number of nitrogens with zero attached hydrogens (tertiary/aromatic N) is 4. The van der Waals surface area contributed by atoms with E-state index in [2.05, 4.69) is 38.4 Å². The van der Waals surface area contributed by atoms with Gasteiger partial charge < -0.3 is 10.6 Å². The van der Waals surface area contributed by atoms with E-state index in [1.807, 2.05) is 5.38 Å². The molecule has 0 bridgehead atoms. The van der Waals surface area contributed by atoms with Gasteiger partial charge >= 0.3 is 6.55 Å². The van der Waals surface area contributed by atoms with E-state index in [-0.39, 0.29) is 6.04 Å². The van der Waals surface area contributed by atoms with Crippen LogP contribution in [-0.4, -0.2) is 52.9 Å². The van der Waals surface area contributed by atoms with Crippen LogP contribution in [0.4, 0.5) is 8.78 Å². The van der Waals surface area contributed by atoms with E-state index in [9.17, 15) is 8.78 Å². The monoisotopic (exact) mass is 412 g/mol. The van der Waals surface area contributed by atoms with Crippen LogP contribution in [-0.2, 0) is 0 Å². The number of fused-ring (bicyclic) bond motifs is 1. The Morgan fingerprint density at radius 3 is 2.96 bits per heavy atom. The summed E-state index contributed by atoms with van der Waals surface area (Å²) in [6, 6.07) is 0.219. The van der Waals surface area contributed by atoms with Crippen molar-refractivity contribution >= 4 is 35.3 Å². The summed E-state index contributed by atoms with van der Waals surface area (Å²) in [7, 11) is 0. The molecule has 1 fully saturated rings. The molecule has 27 heavy (non-hydrogen) atoms. The molecule has 2 aliphatic heterocycles. The summed E-state index contributed by atoms with van der Waals surface area (Å²) in [6.07, 6.45) is 4.97. The Kier molecular flexibility index (Phi) is 6.61. The zero-order valence-corrected chi connectivity index (χ0v) is 16.7. The largest absolute Gasteiger partial charge is 0.404 e. The molecule has 1 atom stereocenters. The van der Waals surface area contributed by atoms with E-state index in [1.54, 1.807) is 18.1 Å². The van der Waals surface area contributed by atoms with Crippen molar-refractivity contribution in [2.24, 2.45) is 15.7 Å². The van der Waals surface area contributed by atoms with Crippen LogP contribution < -0.4 is 10.5 Å². The molecular weight excluding hydrogens is 390 g/mol. The number of thiazole rings is 1. The first kappa shape index (κ1) is 20.0. The highest BCUT2D eigenvalue weighted by Crippen LogP contribution is 2.34. The van der Waals surface area contributed by atoms with E-state index in [0.717, 1.165) is 41.3 Å². The summed E-state index contributed by atoms with van der Waals surface area (Å²) < 4.78 is 28.5. The van der Waals surface area contributed by atoms with Crippen molar-refractivity contribution in [1.82, 2.24) is 14.6 Å². The van der Waals surface area contributed by atoms with E-state index < -0.39 is 6.55 Å². The van der Waals surface area contributed by atoms with E-state index in [0.29, 0.717) is 17.4 Å². The van der Waals surface area contributed by atoms with Gasteiger partial charge in [0.2, 0.25) is 0 Å². The second kappa shape index (κ2) is 8.94. The molecule has 146 valence electrons. The molecule has 3 N–H and O–H groups in total. The minimum Gasteiger partial charge on any atom is -0.404 e. The number of nitrogens with two attached hydrogens (primary N) is 1. The Bertz CT molecular complexity index is 770. The summed E-state index contributed by atoms with van der Waals surface area (Å²) >= 11 is 3.22. The fourth-order valence-corrected chi connectivity index (χ4v) is 4.29. The quantitative estimate of drug-likeness (QED) is 0.409. The molecule has 0 spiro atoms. The zero-order valence-electron chi connectivity index (χ0n) is 15.1. The lowest BCUT2D eigenvalue weighted by molar-refractivity contribution is 0.160. The van der Waals surface area contributed by atoms with Crippen LogP contribution in [0, 0.1) is 0 Å². The number of aliphatic imine (C=N–C) groups is 2. The number of nitrogens with one attached hydrogen (secondary N) is 1. The van der Waals surface area contributed by atoms with Gasteiger partial charge in [-0.15, -0.1) is 11.3 Å². The average Bonchev–Trinajstić information content (AvgIpc) is 3.30. The van der Waals surface area contributed by atoms with Crippen LogP contribution in [0.25, 0.3) is 0 Å². The number of rotatable bonds is 7. The Morgan fingerprint density at radius 1 is 1.52 bits per heavy atom. The third-order valence-electron chi connectivity index (χ3n) is 4.11. The fraction of sp³-hybridized carbons (Fsp3) is 0.471. The van der Waals surface area contributed by atoms with Gasteiger partial charge in [-0.1, -0.05) is 25.8 Å². The summed E-state index contributed by atoms with van der Waals surface area (Å²) in [4.78, 5) is 14.4. The number of alkyl halides is 2. The highest BCUT2D eigenvalue weighted by molar-refractivity contribution is 7.98. The van der Waals surface area contributed by atoms with Crippen LogP contribution in [0.3, 0.4) is 0 Å². The van der Waals surface area contributed by atoms with Gasteiger partial charge in [-0.25, -0.2) is 9.98 Å². The Hall–Kier alpha value is -1.78. The van der Waals surface area contributed by atoms with Crippen LogP contribution >= 0.6 is 23.3 Å². The van der Waals surface area contributed by atoms with Gasteiger partial charge in [0.15, 0.2) is 10.8 Å². The first-order valence-electron chi connectivity index (χ1n) is 8.58. The van der Waals surface area contributed by atoms with E-state index in [1.165, 1.54) is 17.5 Å². The number of aromatic nitrogens is 1. The topological polar surface area (TPSA) is 78.9 Å². The lowest BCUT2D eigenvalue weighted by atomic mass is 10.0. The van der Waals surface area contributed by atoms with Crippen molar-refractivity contribution in [3.63, 3.8) is 0 Å². The third-order valence-corrected chi connectivity index (χ3v) is 5.82. The smallest absolute Gasteiger partial charge is 0.331 e. The molecular formula is C17H22F2N6S2. The molecule has 1 aromatic heterocycles. The summed E-state index contributed by atoms with van der Waals surface area (Å²) in [5.41, 5.74) is 8.06. The maximum atomic E-state index is 12.5. The molecule has 6 nitrogen and oxygen atoms in total. The number of halogens is 2. The predicted octanol–water partition coefficient (Wildman–Crippen LogP) is 3.01. The maximum absolute atomic E-state index is 12.5. The van der Waals surface area contributed by atoms with Gasteiger partial charge in [0.1, 0.15) is 0 Å². The first-order chi connectivity index (χ1) is 13.0. The number of amidine groups is 1. The van der Waals surface area contributed by atoms with Crippen molar-refractivity contribution in [3.05, 3.63) is 39.6 Å². The summed E-state index contributed by atoms with van der Waals surface area (Å²) in [6.45, 7) is 2.59. The molecule has 0 aliphatic carbocycles. The minimum atomic E-state index is -2.76. The van der Waals surface area contributed by atoms with Gasteiger partial charge in [0.05, 0.1) is 6.54 Å². The van der Waals surface area contributed by atoms with E-state index in [4.69, 9.17) is 5.73 Å². The molecule has 2 aliphatic rings. The number of hydrogen-bond donors (Lipinski definition) is 2. The van der Waals surface area contributed by atoms with E-state index >= 15 is 0 Å². The maximum Gasteiger partial charge on any atom is 0.331 e. The lowest BCUT2D eigenvalue weighted by Crippen LogP contribution is -2.35. The molecule has 0 radical (unpaired) electrons. The molecule has 1 saturated heterocycles. The molecule has 10 heteroatoms. The summed E-state index contributed by atoms with van der Waals surface area (Å²) in [5.74, 6) is 0.824. The SMILES string of the molecule is CC(C)SNC1CC2=C(C(C=NC(F)F)=CN)CN=C(c3nccs3)N2C1. The highest BCUT2D eigenvalue weighted by atomic mass is 32.2. The first-order valence-corrected chi connectivity index (χ1v) is 10.3. The third kappa shape index (κ3) is 4.74. The zero-order chi connectivity index (χ0) is 19.4. The second-order valence-corrected chi connectivity index (χ2v) is 8.69. The predicted molar refractivity (Wildman–Crippen MR) is 108 cm³/mol. The molecule has 1 aromatic rings. The minimum absolute atomic E-state index is 0.219. The van der Waals surface area contributed by atoms with Gasteiger partial charge in [0, 0.05) is 65.1 Å². The molecule has 0 aromatic carbocycles. The van der Waals surface area contributed by atoms with Crippen molar-refractivity contribution in [1.29, 1.82) is 0 Å². The van der Waals surface area contributed by atoms with Crippen LogP contribution in [0.2, 0.25) is 0 Å². The van der Waals surface area contributed by atoms with Crippen molar-refractivity contribution in [2.45, 2.75) is 38.1 Å². The normalized spacial score (nSPS) is 21.0. The average molecular weight is 413 g/mol. The molecule has 0 saturated carbocycles. The number of hydrogen-bond acceptors (Lipinski definition) is 8. The lowest BCUT2D eigenvalue weighted by Gasteiger charge is -2.28. The van der Waals surface area contributed by atoms with Gasteiger partial charge in [-0.3, -0.25) is 9.71 Å². The van der Waals surface area contributed by atoms with Crippen molar-refractivity contribution in [2.75, 3.05) is 13.1 Å². The Morgan fingerprint density at radius 2 is 2.33 bits per heavy atom. The highest BCUT2D eigenvalue weighted by Gasteiger charge is 2.36. The van der Waals surface area contributed by atoms with Gasteiger partial charge in [-0.2, -0.15) is 8.78 Å². The Labute approximate surface area is 165 Å². The molecule has 3 heterocycles. The van der Waals surface area contributed by atoms with Gasteiger partial charge in [0.25, 0.3) is 0 Å². The second-order valence-electron chi connectivity index (χ2n) is 6.38. The molecule has 1 unspecified atom stereocenters. The van der Waals surface area contributed by atoms with Crippen LogP contribution in [0.5, 0.6) is 0 Å². The van der Waals surface area contributed by atoms with Crippen LogP contribution in [0.1, 0.15) is 25.3 Å². The standard InChI is InChI=1S/C17H22F2N6S2/c1-10(2)27-24-12-5-14-13(11(6-20)7-23-17(18)19)8-22-15(25(14)9-12)16-21-3-4-26-16/h3-4,6-7,10,12,17,24H,5,8-9,20H2,1-2H3. The van der Waals surface area contributed by atoms with Crippen molar-refractivity contribution < 1.29 is 8.78 Å². The van der Waals surface area contributed by atoms with Crippen LogP contribution in [0.15, 0.2) is 44.6 Å². The molecule has 0 amide bonds. The van der Waals surface area contributed by atoms with Gasteiger partial charge in [-0.05, 0) is 0 Å². The Balaban J connectivity index is 1.91. The fourth-order valence-electron chi connectivity index (χ4n) is 3.01. The molecule has 3 rings (SSSR count). The van der Waals surface area contributed by atoms with Crippen molar-refractivity contribution in [3.8, 4) is 0 Å².